The molecule has 0 aliphatic carbocycles. The van der Waals surface area contributed by atoms with Gasteiger partial charge in [0.2, 0.25) is 5.91 Å². The molecule has 0 atom stereocenters. The number of rotatable bonds is 9. The van der Waals surface area contributed by atoms with Crippen molar-refractivity contribution in [1.29, 1.82) is 0 Å². The zero-order valence-electron chi connectivity index (χ0n) is 11.7. The highest BCUT2D eigenvalue weighted by atomic mass is 16.5. The number of amides is 1. The van der Waals surface area contributed by atoms with Gasteiger partial charge in [-0.05, 0) is 31.0 Å². The van der Waals surface area contributed by atoms with Crippen molar-refractivity contribution < 1.29 is 9.53 Å². The van der Waals surface area contributed by atoms with Crippen LogP contribution in [0.15, 0.2) is 18.3 Å². The maximum atomic E-state index is 11.6. The van der Waals surface area contributed by atoms with Crippen molar-refractivity contribution >= 4 is 11.7 Å². The van der Waals surface area contributed by atoms with Gasteiger partial charge in [0.1, 0.15) is 5.82 Å². The highest BCUT2D eigenvalue weighted by molar-refractivity contribution is 5.89. The predicted molar refractivity (Wildman–Crippen MR) is 76.2 cm³/mol. The summed E-state index contributed by atoms with van der Waals surface area (Å²) >= 11 is 0. The predicted octanol–water partition coefficient (Wildman–Crippen LogP) is 1.73. The van der Waals surface area contributed by atoms with E-state index < -0.39 is 0 Å². The average Bonchev–Trinajstić information content (AvgIpc) is 2.37. The Kier molecular flexibility index (Phi) is 7.77. The molecule has 19 heavy (non-hydrogen) atoms. The summed E-state index contributed by atoms with van der Waals surface area (Å²) in [7, 11) is 0. The number of hydrogen-bond acceptors (Lipinski definition) is 4. The quantitative estimate of drug-likeness (QED) is 0.668. The van der Waals surface area contributed by atoms with Gasteiger partial charge in [-0.1, -0.05) is 6.92 Å². The van der Waals surface area contributed by atoms with Crippen molar-refractivity contribution in [3.05, 3.63) is 23.9 Å². The Bertz CT molecular complexity index is 383. The minimum absolute atomic E-state index is 0.0277. The summed E-state index contributed by atoms with van der Waals surface area (Å²) in [4.78, 5) is 15.7. The van der Waals surface area contributed by atoms with Crippen LogP contribution in [0.3, 0.4) is 0 Å². The molecule has 1 rings (SSSR count). The maximum Gasteiger partial charge on any atom is 0.226 e. The molecule has 2 N–H and O–H groups in total. The van der Waals surface area contributed by atoms with Gasteiger partial charge in [-0.2, -0.15) is 0 Å². The van der Waals surface area contributed by atoms with Crippen molar-refractivity contribution in [2.24, 2.45) is 0 Å². The Balaban J connectivity index is 2.08. The second kappa shape index (κ2) is 9.47. The number of aromatic nitrogens is 1. The van der Waals surface area contributed by atoms with E-state index in [0.29, 0.717) is 25.4 Å². The van der Waals surface area contributed by atoms with E-state index in [1.807, 2.05) is 19.1 Å². The van der Waals surface area contributed by atoms with Crippen LogP contribution in [0.1, 0.15) is 25.3 Å². The highest BCUT2D eigenvalue weighted by Gasteiger charge is 2.02. The molecule has 1 aromatic rings. The fraction of sp³-hybridized carbons (Fsp3) is 0.571. The Morgan fingerprint density at radius 3 is 2.95 bits per heavy atom. The summed E-state index contributed by atoms with van der Waals surface area (Å²) in [5, 5.41) is 5.94. The molecule has 1 amide bonds. The second-order valence-corrected chi connectivity index (χ2v) is 4.38. The van der Waals surface area contributed by atoms with Crippen LogP contribution in [0.2, 0.25) is 0 Å². The van der Waals surface area contributed by atoms with E-state index in [2.05, 4.69) is 22.5 Å². The zero-order valence-corrected chi connectivity index (χ0v) is 11.7. The molecular weight excluding hydrogens is 242 g/mol. The smallest absolute Gasteiger partial charge is 0.226 e. The Hall–Kier alpha value is -1.46. The first kappa shape index (κ1) is 15.6. The largest absolute Gasteiger partial charge is 0.380 e. The summed E-state index contributed by atoms with van der Waals surface area (Å²) in [5.41, 5.74) is 1.08. The molecule has 106 valence electrons. The van der Waals surface area contributed by atoms with Gasteiger partial charge in [0.05, 0.1) is 6.61 Å². The third-order valence-corrected chi connectivity index (χ3v) is 2.48. The van der Waals surface area contributed by atoms with E-state index >= 15 is 0 Å². The second-order valence-electron chi connectivity index (χ2n) is 4.38. The average molecular weight is 265 g/mol. The summed E-state index contributed by atoms with van der Waals surface area (Å²) in [6.45, 7) is 6.95. The lowest BCUT2D eigenvalue weighted by Crippen LogP contribution is -2.25. The minimum atomic E-state index is -0.0277. The molecule has 5 nitrogen and oxygen atoms in total. The third-order valence-electron chi connectivity index (χ3n) is 2.48. The number of hydrogen-bond donors (Lipinski definition) is 2. The van der Waals surface area contributed by atoms with Gasteiger partial charge in [0.15, 0.2) is 0 Å². The van der Waals surface area contributed by atoms with Crippen LogP contribution in [-0.2, 0) is 9.53 Å². The third kappa shape index (κ3) is 7.54. The fourth-order valence-electron chi connectivity index (χ4n) is 1.53. The van der Waals surface area contributed by atoms with Crippen LogP contribution in [0.25, 0.3) is 0 Å². The number of ether oxygens (including phenoxy) is 1. The van der Waals surface area contributed by atoms with Crippen LogP contribution in [-0.4, -0.2) is 37.2 Å². The van der Waals surface area contributed by atoms with Crippen molar-refractivity contribution in [3.63, 3.8) is 0 Å². The summed E-state index contributed by atoms with van der Waals surface area (Å²) in [5.74, 6) is 0.580. The van der Waals surface area contributed by atoms with Crippen LogP contribution < -0.4 is 10.6 Å². The SMILES string of the molecule is CCCOCCNCCC(=O)Nc1cc(C)ccn1. The first-order chi connectivity index (χ1) is 9.22. The molecule has 0 fully saturated rings. The van der Waals surface area contributed by atoms with Crippen LogP contribution in [0, 0.1) is 6.92 Å². The first-order valence-corrected chi connectivity index (χ1v) is 6.73. The van der Waals surface area contributed by atoms with Gasteiger partial charge in [0, 0.05) is 32.3 Å². The van der Waals surface area contributed by atoms with Gasteiger partial charge in [-0.15, -0.1) is 0 Å². The van der Waals surface area contributed by atoms with Gasteiger partial charge in [-0.25, -0.2) is 4.98 Å². The van der Waals surface area contributed by atoms with Gasteiger partial charge in [-0.3, -0.25) is 4.79 Å². The van der Waals surface area contributed by atoms with Crippen molar-refractivity contribution in [2.75, 3.05) is 31.6 Å². The minimum Gasteiger partial charge on any atom is -0.380 e. The zero-order chi connectivity index (χ0) is 13.9. The summed E-state index contributed by atoms with van der Waals surface area (Å²) < 4.78 is 5.33. The number of aryl methyl sites for hydroxylation is 1. The van der Waals surface area contributed by atoms with Gasteiger partial charge in [0.25, 0.3) is 0 Å². The lowest BCUT2D eigenvalue weighted by Gasteiger charge is -2.06. The van der Waals surface area contributed by atoms with E-state index in [-0.39, 0.29) is 5.91 Å². The van der Waals surface area contributed by atoms with E-state index in [0.717, 1.165) is 25.1 Å². The number of pyridine rings is 1. The first-order valence-electron chi connectivity index (χ1n) is 6.73. The van der Waals surface area contributed by atoms with Gasteiger partial charge < -0.3 is 15.4 Å². The Labute approximate surface area is 114 Å². The lowest BCUT2D eigenvalue weighted by molar-refractivity contribution is -0.116. The molecule has 0 spiro atoms. The van der Waals surface area contributed by atoms with Crippen LogP contribution >= 0.6 is 0 Å². The van der Waals surface area contributed by atoms with Crippen molar-refractivity contribution in [2.45, 2.75) is 26.7 Å². The van der Waals surface area contributed by atoms with Gasteiger partial charge >= 0.3 is 0 Å². The molecule has 0 aliphatic rings. The molecule has 0 aliphatic heterocycles. The monoisotopic (exact) mass is 265 g/mol. The Morgan fingerprint density at radius 2 is 2.21 bits per heavy atom. The van der Waals surface area contributed by atoms with E-state index in [9.17, 15) is 4.79 Å². The summed E-state index contributed by atoms with van der Waals surface area (Å²) in [6.07, 6.45) is 3.16. The van der Waals surface area contributed by atoms with E-state index in [1.54, 1.807) is 6.20 Å². The molecule has 0 unspecified atom stereocenters. The number of carbonyl (C=O) groups is 1. The molecule has 1 aromatic heterocycles. The van der Waals surface area contributed by atoms with Crippen molar-refractivity contribution in [1.82, 2.24) is 10.3 Å². The van der Waals surface area contributed by atoms with Crippen molar-refractivity contribution in [3.8, 4) is 0 Å². The molecule has 0 saturated heterocycles. The highest BCUT2D eigenvalue weighted by Crippen LogP contribution is 2.05. The Morgan fingerprint density at radius 1 is 1.37 bits per heavy atom. The maximum absolute atomic E-state index is 11.6. The lowest BCUT2D eigenvalue weighted by atomic mass is 10.3. The molecule has 0 saturated carbocycles. The van der Waals surface area contributed by atoms with E-state index in [4.69, 9.17) is 4.74 Å². The molecule has 5 heteroatoms. The fourth-order valence-corrected chi connectivity index (χ4v) is 1.53. The standard InChI is InChI=1S/C14H23N3O2/c1-3-9-19-10-8-15-6-5-14(18)17-13-11-12(2)4-7-16-13/h4,7,11,15H,3,5-6,8-10H2,1-2H3,(H,16,17,18). The van der Waals surface area contributed by atoms with Crippen LogP contribution in [0.5, 0.6) is 0 Å². The topological polar surface area (TPSA) is 63.2 Å². The molecule has 1 heterocycles. The number of carbonyl (C=O) groups excluding carboxylic acids is 1. The molecule has 0 aromatic carbocycles. The number of nitrogens with one attached hydrogen (secondary N) is 2. The normalized spacial score (nSPS) is 10.4. The molecule has 0 radical (unpaired) electrons. The number of anilines is 1. The number of nitrogens with zero attached hydrogens (tertiary/aromatic N) is 1. The molecule has 0 bridgehead atoms. The molecular formula is C14H23N3O2. The van der Waals surface area contributed by atoms with Crippen LogP contribution in [0.4, 0.5) is 5.82 Å². The van der Waals surface area contributed by atoms with E-state index in [1.165, 1.54) is 0 Å². The summed E-state index contributed by atoms with van der Waals surface area (Å²) in [6, 6.07) is 3.75.